The highest BCUT2D eigenvalue weighted by Gasteiger charge is 2.25. The lowest BCUT2D eigenvalue weighted by atomic mass is 9.92. The number of hydrogen-bond acceptors (Lipinski definition) is 3. The van der Waals surface area contributed by atoms with Crippen LogP contribution in [0.2, 0.25) is 0 Å². The van der Waals surface area contributed by atoms with E-state index in [2.05, 4.69) is 17.6 Å². The Hall–Kier alpha value is -1.88. The Bertz CT molecular complexity index is 528. The molecule has 0 saturated carbocycles. The lowest BCUT2D eigenvalue weighted by molar-refractivity contribution is -0.120. The predicted octanol–water partition coefficient (Wildman–Crippen LogP) is 1.42. The molecular weight excluding hydrogens is 254 g/mol. The molecule has 5 heteroatoms. The lowest BCUT2D eigenvalue weighted by Gasteiger charge is -2.27. The summed E-state index contributed by atoms with van der Waals surface area (Å²) >= 11 is 0. The standard InChI is InChI=1S/C15H21N3O2/c1-9-8-11(6-7-17-9)15(20)18-13-5-3-4-12(10(13)2)14(16)19/h3-5,9,11,17H,6-8H2,1-2H3,(H2,16,19)(H,18,20). The Morgan fingerprint density at radius 1 is 1.40 bits per heavy atom. The lowest BCUT2D eigenvalue weighted by Crippen LogP contribution is -2.40. The normalized spacial score (nSPS) is 22.3. The smallest absolute Gasteiger partial charge is 0.249 e. The van der Waals surface area contributed by atoms with Gasteiger partial charge in [0.2, 0.25) is 11.8 Å². The van der Waals surface area contributed by atoms with E-state index in [1.807, 2.05) is 0 Å². The van der Waals surface area contributed by atoms with E-state index in [0.29, 0.717) is 17.3 Å². The maximum atomic E-state index is 12.3. The zero-order chi connectivity index (χ0) is 14.7. The van der Waals surface area contributed by atoms with Crippen LogP contribution in [0.15, 0.2) is 18.2 Å². The van der Waals surface area contributed by atoms with Crippen molar-refractivity contribution in [3.63, 3.8) is 0 Å². The molecule has 1 aliphatic rings. The topological polar surface area (TPSA) is 84.2 Å². The van der Waals surface area contributed by atoms with Crippen molar-refractivity contribution in [1.29, 1.82) is 0 Å². The number of hydrogen-bond donors (Lipinski definition) is 3. The van der Waals surface area contributed by atoms with Gasteiger partial charge >= 0.3 is 0 Å². The minimum atomic E-state index is -0.478. The van der Waals surface area contributed by atoms with E-state index >= 15 is 0 Å². The summed E-state index contributed by atoms with van der Waals surface area (Å²) in [5, 5.41) is 6.25. The summed E-state index contributed by atoms with van der Waals surface area (Å²) in [5.41, 5.74) is 7.14. The molecule has 2 unspecified atom stereocenters. The van der Waals surface area contributed by atoms with Gasteiger partial charge in [-0.05, 0) is 50.9 Å². The molecule has 4 N–H and O–H groups in total. The van der Waals surface area contributed by atoms with Crippen LogP contribution in [0.4, 0.5) is 5.69 Å². The van der Waals surface area contributed by atoms with Crippen LogP contribution in [0.3, 0.4) is 0 Å². The summed E-state index contributed by atoms with van der Waals surface area (Å²) in [7, 11) is 0. The maximum Gasteiger partial charge on any atom is 0.249 e. The fourth-order valence-electron chi connectivity index (χ4n) is 2.64. The van der Waals surface area contributed by atoms with Crippen molar-refractivity contribution < 1.29 is 9.59 Å². The minimum absolute atomic E-state index is 0.0166. The number of rotatable bonds is 3. The highest BCUT2D eigenvalue weighted by Crippen LogP contribution is 2.22. The SMILES string of the molecule is Cc1c(NC(=O)C2CCNC(C)C2)cccc1C(N)=O. The summed E-state index contributed by atoms with van der Waals surface area (Å²) < 4.78 is 0. The third kappa shape index (κ3) is 3.17. The second-order valence-electron chi connectivity index (χ2n) is 5.41. The molecule has 1 heterocycles. The van der Waals surface area contributed by atoms with Crippen molar-refractivity contribution >= 4 is 17.5 Å². The number of nitrogens with one attached hydrogen (secondary N) is 2. The molecule has 5 nitrogen and oxygen atoms in total. The second kappa shape index (κ2) is 6.05. The molecule has 1 aromatic carbocycles. The van der Waals surface area contributed by atoms with Gasteiger partial charge in [0, 0.05) is 23.2 Å². The van der Waals surface area contributed by atoms with Gasteiger partial charge in [-0.25, -0.2) is 0 Å². The van der Waals surface area contributed by atoms with Crippen molar-refractivity contribution in [2.24, 2.45) is 11.7 Å². The number of piperidine rings is 1. The summed E-state index contributed by atoms with van der Waals surface area (Å²) in [5.74, 6) is -0.444. The van der Waals surface area contributed by atoms with E-state index in [0.717, 1.165) is 24.9 Å². The molecule has 20 heavy (non-hydrogen) atoms. The Morgan fingerprint density at radius 3 is 2.80 bits per heavy atom. The van der Waals surface area contributed by atoms with Crippen LogP contribution >= 0.6 is 0 Å². The van der Waals surface area contributed by atoms with Crippen molar-refractivity contribution in [1.82, 2.24) is 5.32 Å². The van der Waals surface area contributed by atoms with Gasteiger partial charge in [0.05, 0.1) is 0 Å². The Labute approximate surface area is 118 Å². The molecular formula is C15H21N3O2. The molecule has 0 aromatic heterocycles. The quantitative estimate of drug-likeness (QED) is 0.780. The van der Waals surface area contributed by atoms with E-state index in [-0.39, 0.29) is 11.8 Å². The number of amides is 2. The first-order valence-electron chi connectivity index (χ1n) is 6.92. The number of anilines is 1. The van der Waals surface area contributed by atoms with Gasteiger partial charge in [0.1, 0.15) is 0 Å². The molecule has 2 rings (SSSR count). The number of nitrogens with two attached hydrogens (primary N) is 1. The molecule has 0 spiro atoms. The first-order valence-corrected chi connectivity index (χ1v) is 6.92. The Balaban J connectivity index is 2.11. The van der Waals surface area contributed by atoms with E-state index in [1.54, 1.807) is 25.1 Å². The molecule has 108 valence electrons. The Kier molecular flexibility index (Phi) is 4.39. The summed E-state index contributed by atoms with van der Waals surface area (Å²) in [4.78, 5) is 23.6. The molecule has 2 amide bonds. The van der Waals surface area contributed by atoms with Gasteiger partial charge in [-0.2, -0.15) is 0 Å². The van der Waals surface area contributed by atoms with Crippen LogP contribution in [0.5, 0.6) is 0 Å². The summed E-state index contributed by atoms with van der Waals surface area (Å²) in [6.45, 7) is 4.73. The van der Waals surface area contributed by atoms with E-state index < -0.39 is 5.91 Å². The molecule has 1 aromatic rings. The van der Waals surface area contributed by atoms with Gasteiger partial charge in [-0.1, -0.05) is 6.07 Å². The van der Waals surface area contributed by atoms with Gasteiger partial charge in [0.25, 0.3) is 0 Å². The highest BCUT2D eigenvalue weighted by molar-refractivity contribution is 5.99. The van der Waals surface area contributed by atoms with Crippen LogP contribution in [0, 0.1) is 12.8 Å². The van der Waals surface area contributed by atoms with Gasteiger partial charge in [-0.15, -0.1) is 0 Å². The highest BCUT2D eigenvalue weighted by atomic mass is 16.2. The first kappa shape index (κ1) is 14.5. The molecule has 1 fully saturated rings. The Morgan fingerprint density at radius 2 is 2.15 bits per heavy atom. The third-order valence-electron chi connectivity index (χ3n) is 3.85. The fourth-order valence-corrected chi connectivity index (χ4v) is 2.64. The molecule has 2 atom stereocenters. The van der Waals surface area contributed by atoms with Crippen molar-refractivity contribution in [2.45, 2.75) is 32.7 Å². The number of carbonyl (C=O) groups excluding carboxylic acids is 2. The molecule has 1 aliphatic heterocycles. The summed E-state index contributed by atoms with van der Waals surface area (Å²) in [6, 6.07) is 5.55. The third-order valence-corrected chi connectivity index (χ3v) is 3.85. The largest absolute Gasteiger partial charge is 0.366 e. The monoisotopic (exact) mass is 275 g/mol. The summed E-state index contributed by atoms with van der Waals surface area (Å²) in [6.07, 6.45) is 1.67. The molecule has 0 aliphatic carbocycles. The van der Waals surface area contributed by atoms with Crippen LogP contribution in [0.1, 0.15) is 35.7 Å². The van der Waals surface area contributed by atoms with Gasteiger partial charge in [0.15, 0.2) is 0 Å². The number of primary amides is 1. The second-order valence-corrected chi connectivity index (χ2v) is 5.41. The van der Waals surface area contributed by atoms with Gasteiger partial charge in [-0.3, -0.25) is 9.59 Å². The zero-order valence-corrected chi connectivity index (χ0v) is 11.9. The van der Waals surface area contributed by atoms with Crippen LogP contribution in [0.25, 0.3) is 0 Å². The van der Waals surface area contributed by atoms with Crippen LogP contribution in [-0.2, 0) is 4.79 Å². The van der Waals surface area contributed by atoms with Crippen molar-refractivity contribution in [3.05, 3.63) is 29.3 Å². The van der Waals surface area contributed by atoms with Gasteiger partial charge < -0.3 is 16.4 Å². The first-order chi connectivity index (χ1) is 9.49. The van der Waals surface area contributed by atoms with E-state index in [1.165, 1.54) is 0 Å². The molecule has 1 saturated heterocycles. The minimum Gasteiger partial charge on any atom is -0.366 e. The maximum absolute atomic E-state index is 12.3. The van der Waals surface area contributed by atoms with E-state index in [9.17, 15) is 9.59 Å². The zero-order valence-electron chi connectivity index (χ0n) is 11.9. The fraction of sp³-hybridized carbons (Fsp3) is 0.467. The average Bonchev–Trinajstić information content (AvgIpc) is 2.40. The van der Waals surface area contributed by atoms with E-state index in [4.69, 9.17) is 5.73 Å². The number of benzene rings is 1. The molecule has 0 radical (unpaired) electrons. The average molecular weight is 275 g/mol. The van der Waals surface area contributed by atoms with Crippen molar-refractivity contribution in [2.75, 3.05) is 11.9 Å². The van der Waals surface area contributed by atoms with Crippen LogP contribution in [-0.4, -0.2) is 24.4 Å². The van der Waals surface area contributed by atoms with Crippen LogP contribution < -0.4 is 16.4 Å². The predicted molar refractivity (Wildman–Crippen MR) is 78.5 cm³/mol. The molecule has 0 bridgehead atoms. The van der Waals surface area contributed by atoms with Crippen molar-refractivity contribution in [3.8, 4) is 0 Å². The number of carbonyl (C=O) groups is 2.